The van der Waals surface area contributed by atoms with E-state index in [4.69, 9.17) is 17.5 Å². The van der Waals surface area contributed by atoms with E-state index in [1.165, 1.54) is 5.56 Å². The van der Waals surface area contributed by atoms with Crippen LogP contribution in [0, 0.1) is 18.3 Å². The van der Waals surface area contributed by atoms with E-state index in [9.17, 15) is 0 Å². The summed E-state index contributed by atoms with van der Waals surface area (Å²) in [5.74, 6) is 0. The summed E-state index contributed by atoms with van der Waals surface area (Å²) in [5.41, 5.74) is 3.38. The second-order valence-electron chi connectivity index (χ2n) is 4.10. The number of anilines is 2. The third-order valence-electron chi connectivity index (χ3n) is 2.61. The van der Waals surface area contributed by atoms with Gasteiger partial charge >= 0.3 is 0 Å². The molecule has 0 aliphatic carbocycles. The third kappa shape index (κ3) is 3.54. The topological polar surface area (TPSA) is 47.8 Å². The lowest BCUT2D eigenvalue weighted by Crippen LogP contribution is -2.19. The highest BCUT2D eigenvalue weighted by molar-refractivity contribution is 7.80. The van der Waals surface area contributed by atoms with Gasteiger partial charge in [-0.15, -0.1) is 0 Å². The Kier molecular flexibility index (Phi) is 4.11. The zero-order chi connectivity index (χ0) is 13.7. The molecule has 0 atom stereocenters. The molecule has 0 unspecified atom stereocenters. The molecule has 4 heteroatoms. The minimum absolute atomic E-state index is 0.464. The molecule has 2 rings (SSSR count). The lowest BCUT2D eigenvalue weighted by Gasteiger charge is -2.11. The smallest absolute Gasteiger partial charge is 0.175 e. The maximum atomic E-state index is 9.00. The van der Waals surface area contributed by atoms with E-state index in [1.807, 2.05) is 49.4 Å². The Bertz CT molecular complexity index is 627. The van der Waals surface area contributed by atoms with Crippen LogP contribution in [0.4, 0.5) is 11.4 Å². The van der Waals surface area contributed by atoms with Gasteiger partial charge < -0.3 is 10.6 Å². The number of aryl methyl sites for hydroxylation is 1. The van der Waals surface area contributed by atoms with Gasteiger partial charge in [0.2, 0.25) is 0 Å². The number of para-hydroxylation sites is 1. The van der Waals surface area contributed by atoms with Gasteiger partial charge in [-0.05, 0) is 43.4 Å². The summed E-state index contributed by atoms with van der Waals surface area (Å²) in [6, 6.07) is 17.3. The summed E-state index contributed by atoms with van der Waals surface area (Å²) in [4.78, 5) is 0. The Morgan fingerprint density at radius 3 is 2.42 bits per heavy atom. The van der Waals surface area contributed by atoms with Gasteiger partial charge in [-0.2, -0.15) is 5.26 Å². The predicted molar refractivity (Wildman–Crippen MR) is 82.2 cm³/mol. The van der Waals surface area contributed by atoms with Crippen molar-refractivity contribution in [3.8, 4) is 6.07 Å². The number of thiocarbonyl (C=S) groups is 1. The quantitative estimate of drug-likeness (QED) is 0.815. The van der Waals surface area contributed by atoms with Gasteiger partial charge in [0, 0.05) is 5.69 Å². The van der Waals surface area contributed by atoms with Crippen molar-refractivity contribution in [3.05, 3.63) is 59.7 Å². The summed E-state index contributed by atoms with van der Waals surface area (Å²) < 4.78 is 0. The third-order valence-corrected chi connectivity index (χ3v) is 2.81. The van der Waals surface area contributed by atoms with E-state index in [1.54, 1.807) is 6.07 Å². The molecule has 0 saturated carbocycles. The second-order valence-corrected chi connectivity index (χ2v) is 4.51. The van der Waals surface area contributed by atoms with Crippen LogP contribution in [0.1, 0.15) is 11.1 Å². The summed E-state index contributed by atoms with van der Waals surface area (Å²) in [7, 11) is 0. The fourth-order valence-corrected chi connectivity index (χ4v) is 1.84. The Morgan fingerprint density at radius 2 is 1.74 bits per heavy atom. The highest BCUT2D eigenvalue weighted by Gasteiger charge is 2.03. The van der Waals surface area contributed by atoms with Crippen LogP contribution in [0.25, 0.3) is 0 Å². The van der Waals surface area contributed by atoms with E-state index >= 15 is 0 Å². The first kappa shape index (κ1) is 13.1. The molecule has 19 heavy (non-hydrogen) atoms. The molecule has 0 spiro atoms. The monoisotopic (exact) mass is 267 g/mol. The fraction of sp³-hybridized carbons (Fsp3) is 0.0667. The van der Waals surface area contributed by atoms with Crippen LogP contribution in [0.5, 0.6) is 0 Å². The Hall–Kier alpha value is -2.38. The molecule has 3 nitrogen and oxygen atoms in total. The second kappa shape index (κ2) is 5.98. The molecular weight excluding hydrogens is 254 g/mol. The van der Waals surface area contributed by atoms with Crippen molar-refractivity contribution < 1.29 is 0 Å². The zero-order valence-corrected chi connectivity index (χ0v) is 11.3. The molecule has 0 amide bonds. The minimum atomic E-state index is 0.464. The van der Waals surface area contributed by atoms with E-state index < -0.39 is 0 Å². The van der Waals surface area contributed by atoms with Gasteiger partial charge in [0.15, 0.2) is 5.11 Å². The van der Waals surface area contributed by atoms with E-state index in [2.05, 4.69) is 16.7 Å². The van der Waals surface area contributed by atoms with Gasteiger partial charge in [0.05, 0.1) is 11.3 Å². The van der Waals surface area contributed by atoms with Crippen LogP contribution in [0.3, 0.4) is 0 Å². The van der Waals surface area contributed by atoms with Crippen LogP contribution in [0.2, 0.25) is 0 Å². The van der Waals surface area contributed by atoms with E-state index in [-0.39, 0.29) is 0 Å². The van der Waals surface area contributed by atoms with Crippen LogP contribution < -0.4 is 10.6 Å². The number of nitriles is 1. The van der Waals surface area contributed by atoms with Gasteiger partial charge in [0.1, 0.15) is 6.07 Å². The first-order valence-corrected chi connectivity index (χ1v) is 6.23. The van der Waals surface area contributed by atoms with Crippen LogP contribution in [-0.4, -0.2) is 5.11 Å². The molecule has 94 valence electrons. The summed E-state index contributed by atoms with van der Waals surface area (Å²) >= 11 is 5.23. The highest BCUT2D eigenvalue weighted by atomic mass is 32.1. The first-order valence-electron chi connectivity index (χ1n) is 5.83. The van der Waals surface area contributed by atoms with Gasteiger partial charge in [-0.25, -0.2) is 0 Å². The van der Waals surface area contributed by atoms with Crippen LogP contribution in [0.15, 0.2) is 48.5 Å². The molecule has 2 aromatic carbocycles. The Morgan fingerprint density at radius 1 is 1.05 bits per heavy atom. The summed E-state index contributed by atoms with van der Waals surface area (Å²) in [5, 5.41) is 15.6. The number of nitrogens with one attached hydrogen (secondary N) is 2. The SMILES string of the molecule is Cc1ccc(NC(=S)Nc2ccccc2C#N)cc1. The normalized spacial score (nSPS) is 9.47. The minimum Gasteiger partial charge on any atom is -0.332 e. The van der Waals surface area contributed by atoms with Crippen molar-refractivity contribution >= 4 is 28.7 Å². The summed E-state index contributed by atoms with van der Waals surface area (Å²) in [6.07, 6.45) is 0. The summed E-state index contributed by atoms with van der Waals surface area (Å²) in [6.45, 7) is 2.03. The van der Waals surface area contributed by atoms with Crippen molar-refractivity contribution in [2.24, 2.45) is 0 Å². The molecule has 0 saturated heterocycles. The average Bonchev–Trinajstić information content (AvgIpc) is 2.42. The standard InChI is InChI=1S/C15H13N3S/c1-11-6-8-13(9-7-11)17-15(19)18-14-5-3-2-4-12(14)10-16/h2-9H,1H3,(H2,17,18,19). The molecule has 0 radical (unpaired) electrons. The first-order chi connectivity index (χ1) is 9.19. The number of hydrogen-bond acceptors (Lipinski definition) is 2. The van der Waals surface area contributed by atoms with Crippen molar-refractivity contribution in [1.29, 1.82) is 5.26 Å². The number of benzene rings is 2. The predicted octanol–water partition coefficient (Wildman–Crippen LogP) is 3.68. The largest absolute Gasteiger partial charge is 0.332 e. The molecule has 2 N–H and O–H groups in total. The van der Waals surface area contributed by atoms with E-state index in [0.717, 1.165) is 5.69 Å². The lowest BCUT2D eigenvalue weighted by atomic mass is 10.2. The van der Waals surface area contributed by atoms with Crippen molar-refractivity contribution in [1.82, 2.24) is 0 Å². The fourth-order valence-electron chi connectivity index (χ4n) is 1.61. The van der Waals surface area contributed by atoms with Gasteiger partial charge in [0.25, 0.3) is 0 Å². The van der Waals surface area contributed by atoms with E-state index in [0.29, 0.717) is 16.4 Å². The van der Waals surface area contributed by atoms with Gasteiger partial charge in [-0.3, -0.25) is 0 Å². The molecule has 2 aromatic rings. The van der Waals surface area contributed by atoms with Crippen LogP contribution >= 0.6 is 12.2 Å². The molecule has 0 aromatic heterocycles. The van der Waals surface area contributed by atoms with Crippen molar-refractivity contribution in [2.45, 2.75) is 6.92 Å². The Labute approximate surface area is 117 Å². The Balaban J connectivity index is 2.06. The number of nitrogens with zero attached hydrogens (tertiary/aromatic N) is 1. The van der Waals surface area contributed by atoms with Gasteiger partial charge in [-0.1, -0.05) is 29.8 Å². The maximum absolute atomic E-state index is 9.00. The number of hydrogen-bond donors (Lipinski definition) is 2. The maximum Gasteiger partial charge on any atom is 0.175 e. The average molecular weight is 267 g/mol. The molecular formula is C15H13N3S. The highest BCUT2D eigenvalue weighted by Crippen LogP contribution is 2.15. The van der Waals surface area contributed by atoms with Crippen molar-refractivity contribution in [3.63, 3.8) is 0 Å². The molecule has 0 heterocycles. The van der Waals surface area contributed by atoms with Crippen LogP contribution in [-0.2, 0) is 0 Å². The molecule has 0 fully saturated rings. The molecule has 0 bridgehead atoms. The zero-order valence-electron chi connectivity index (χ0n) is 10.5. The molecule has 0 aliphatic rings. The lowest BCUT2D eigenvalue weighted by molar-refractivity contribution is 1.46. The number of rotatable bonds is 2. The van der Waals surface area contributed by atoms with Crippen molar-refractivity contribution in [2.75, 3.05) is 10.6 Å². The molecule has 0 aliphatic heterocycles.